The Morgan fingerprint density at radius 2 is 2.13 bits per heavy atom. The lowest BCUT2D eigenvalue weighted by Crippen LogP contribution is -2.47. The minimum atomic E-state index is -0.0453. The van der Waals surface area contributed by atoms with Crippen LogP contribution in [-0.4, -0.2) is 47.0 Å². The third-order valence-electron chi connectivity index (χ3n) is 4.03. The average Bonchev–Trinajstić information content (AvgIpc) is 2.79. The second kappa shape index (κ2) is 8.45. The zero-order chi connectivity index (χ0) is 16.8. The molecule has 2 rings (SSSR count). The molecule has 0 radical (unpaired) electrons. The molecule has 1 N–H and O–H groups in total. The van der Waals surface area contributed by atoms with E-state index in [4.69, 9.17) is 4.74 Å². The first-order chi connectivity index (χ1) is 11.0. The minimum Gasteiger partial charge on any atom is -0.378 e. The number of amides is 1. The van der Waals surface area contributed by atoms with Gasteiger partial charge in [0.1, 0.15) is 0 Å². The van der Waals surface area contributed by atoms with Gasteiger partial charge >= 0.3 is 0 Å². The predicted octanol–water partition coefficient (Wildman–Crippen LogP) is 2.03. The molecule has 0 saturated carbocycles. The quantitative estimate of drug-likeness (QED) is 0.870. The lowest BCUT2D eigenvalue weighted by Gasteiger charge is -2.26. The standard InChI is InChI=1S/C17H30N4O2/c1-13(2)11-15(12-16-5-7-20(19-16)14(3)4)17(22)21-8-10-23-9-6-18-21/h5,7,13-15,18H,6,8-12H2,1-4H3. The monoisotopic (exact) mass is 322 g/mol. The summed E-state index contributed by atoms with van der Waals surface area (Å²) in [5.41, 5.74) is 4.17. The molecule has 0 bridgehead atoms. The number of hydrogen-bond acceptors (Lipinski definition) is 4. The van der Waals surface area contributed by atoms with Crippen LogP contribution in [0.3, 0.4) is 0 Å². The number of rotatable bonds is 6. The molecule has 0 spiro atoms. The van der Waals surface area contributed by atoms with Crippen LogP contribution >= 0.6 is 0 Å². The fraction of sp³-hybridized carbons (Fsp3) is 0.765. The molecule has 1 unspecified atom stereocenters. The van der Waals surface area contributed by atoms with Gasteiger partial charge in [-0.05, 0) is 32.3 Å². The summed E-state index contributed by atoms with van der Waals surface area (Å²) in [5, 5.41) is 6.34. The summed E-state index contributed by atoms with van der Waals surface area (Å²) in [4.78, 5) is 12.9. The van der Waals surface area contributed by atoms with Crippen molar-refractivity contribution < 1.29 is 9.53 Å². The molecule has 1 atom stereocenters. The molecular weight excluding hydrogens is 292 g/mol. The first kappa shape index (κ1) is 17.9. The van der Waals surface area contributed by atoms with Gasteiger partial charge in [-0.25, -0.2) is 5.43 Å². The van der Waals surface area contributed by atoms with Gasteiger partial charge in [0.15, 0.2) is 0 Å². The molecule has 1 aliphatic heterocycles. The van der Waals surface area contributed by atoms with E-state index in [0.29, 0.717) is 44.7 Å². The van der Waals surface area contributed by atoms with E-state index in [1.807, 2.05) is 16.9 Å². The number of hydrazine groups is 1. The molecule has 130 valence electrons. The van der Waals surface area contributed by atoms with E-state index in [2.05, 4.69) is 38.2 Å². The van der Waals surface area contributed by atoms with E-state index in [-0.39, 0.29) is 11.8 Å². The summed E-state index contributed by atoms with van der Waals surface area (Å²) in [6.45, 7) is 11.1. The second-order valence-electron chi connectivity index (χ2n) is 6.92. The number of hydrogen-bond donors (Lipinski definition) is 1. The number of ether oxygens (including phenoxy) is 1. The van der Waals surface area contributed by atoms with Gasteiger partial charge in [-0.2, -0.15) is 5.10 Å². The van der Waals surface area contributed by atoms with Gasteiger partial charge in [0.05, 0.1) is 25.5 Å². The summed E-state index contributed by atoms with van der Waals surface area (Å²) in [6.07, 6.45) is 3.55. The Labute approximate surface area is 139 Å². The third kappa shape index (κ3) is 5.32. The predicted molar refractivity (Wildman–Crippen MR) is 89.8 cm³/mol. The van der Waals surface area contributed by atoms with E-state index in [9.17, 15) is 4.79 Å². The smallest absolute Gasteiger partial charge is 0.240 e. The van der Waals surface area contributed by atoms with E-state index < -0.39 is 0 Å². The van der Waals surface area contributed by atoms with Crippen molar-refractivity contribution in [2.24, 2.45) is 11.8 Å². The van der Waals surface area contributed by atoms with Crippen molar-refractivity contribution in [1.82, 2.24) is 20.2 Å². The number of carbonyl (C=O) groups excluding carboxylic acids is 1. The Kier molecular flexibility index (Phi) is 6.59. The fourth-order valence-electron chi connectivity index (χ4n) is 2.87. The second-order valence-corrected chi connectivity index (χ2v) is 6.92. The molecule has 1 aliphatic rings. The summed E-state index contributed by atoms with van der Waals surface area (Å²) in [6, 6.07) is 2.37. The third-order valence-corrected chi connectivity index (χ3v) is 4.03. The molecule has 1 amide bonds. The summed E-state index contributed by atoms with van der Waals surface area (Å²) < 4.78 is 7.36. The number of nitrogens with zero attached hydrogens (tertiary/aromatic N) is 3. The van der Waals surface area contributed by atoms with E-state index in [0.717, 1.165) is 12.1 Å². The van der Waals surface area contributed by atoms with Gasteiger partial charge in [0.2, 0.25) is 5.91 Å². The largest absolute Gasteiger partial charge is 0.378 e. The van der Waals surface area contributed by atoms with Crippen molar-refractivity contribution in [2.45, 2.75) is 46.6 Å². The van der Waals surface area contributed by atoms with Crippen molar-refractivity contribution in [2.75, 3.05) is 26.3 Å². The Balaban J connectivity index is 2.06. The lowest BCUT2D eigenvalue weighted by atomic mass is 9.92. The highest BCUT2D eigenvalue weighted by molar-refractivity contribution is 5.78. The highest BCUT2D eigenvalue weighted by atomic mass is 16.5. The molecule has 6 nitrogen and oxygen atoms in total. The number of aromatic nitrogens is 2. The van der Waals surface area contributed by atoms with Gasteiger partial charge < -0.3 is 4.74 Å². The molecule has 23 heavy (non-hydrogen) atoms. The van der Waals surface area contributed by atoms with Crippen LogP contribution in [0.1, 0.15) is 45.9 Å². The fourth-order valence-corrected chi connectivity index (χ4v) is 2.87. The van der Waals surface area contributed by atoms with Crippen LogP contribution in [-0.2, 0) is 16.0 Å². The topological polar surface area (TPSA) is 59.4 Å². The van der Waals surface area contributed by atoms with Crippen LogP contribution in [0.2, 0.25) is 0 Å². The number of nitrogens with one attached hydrogen (secondary N) is 1. The Bertz CT molecular complexity index is 491. The van der Waals surface area contributed by atoms with Crippen molar-refractivity contribution >= 4 is 5.91 Å². The molecule has 1 aromatic rings. The van der Waals surface area contributed by atoms with Crippen molar-refractivity contribution in [3.05, 3.63) is 18.0 Å². The highest BCUT2D eigenvalue weighted by Crippen LogP contribution is 2.19. The molecule has 0 aliphatic carbocycles. The van der Waals surface area contributed by atoms with Gasteiger partial charge in [-0.3, -0.25) is 14.5 Å². The summed E-state index contributed by atoms with van der Waals surface area (Å²) >= 11 is 0. The van der Waals surface area contributed by atoms with E-state index in [1.165, 1.54) is 0 Å². The van der Waals surface area contributed by atoms with Gasteiger partial charge in [0.25, 0.3) is 0 Å². The van der Waals surface area contributed by atoms with Gasteiger partial charge in [-0.15, -0.1) is 0 Å². The Morgan fingerprint density at radius 1 is 1.35 bits per heavy atom. The first-order valence-electron chi connectivity index (χ1n) is 8.64. The Morgan fingerprint density at radius 3 is 2.78 bits per heavy atom. The van der Waals surface area contributed by atoms with E-state index in [1.54, 1.807) is 5.01 Å². The molecule has 0 aromatic carbocycles. The lowest BCUT2D eigenvalue weighted by molar-refractivity contribution is -0.139. The summed E-state index contributed by atoms with van der Waals surface area (Å²) in [5.74, 6) is 0.582. The van der Waals surface area contributed by atoms with Gasteiger partial charge in [0, 0.05) is 31.1 Å². The normalized spacial score (nSPS) is 17.6. The maximum Gasteiger partial charge on any atom is 0.240 e. The Hall–Kier alpha value is -1.40. The molecule has 6 heteroatoms. The van der Waals surface area contributed by atoms with Crippen LogP contribution in [0.5, 0.6) is 0 Å². The van der Waals surface area contributed by atoms with Crippen LogP contribution in [0.15, 0.2) is 12.3 Å². The molecular formula is C17H30N4O2. The van der Waals surface area contributed by atoms with E-state index >= 15 is 0 Å². The number of carbonyl (C=O) groups is 1. The first-order valence-corrected chi connectivity index (χ1v) is 8.64. The van der Waals surface area contributed by atoms with Gasteiger partial charge in [-0.1, -0.05) is 13.8 Å². The van der Waals surface area contributed by atoms with Crippen LogP contribution in [0.4, 0.5) is 0 Å². The highest BCUT2D eigenvalue weighted by Gasteiger charge is 2.27. The zero-order valence-corrected chi connectivity index (χ0v) is 14.8. The van der Waals surface area contributed by atoms with Crippen LogP contribution < -0.4 is 5.43 Å². The zero-order valence-electron chi connectivity index (χ0n) is 14.8. The van der Waals surface area contributed by atoms with Crippen molar-refractivity contribution in [1.29, 1.82) is 0 Å². The maximum absolute atomic E-state index is 12.9. The van der Waals surface area contributed by atoms with Crippen molar-refractivity contribution in [3.63, 3.8) is 0 Å². The minimum absolute atomic E-state index is 0.0453. The molecule has 2 heterocycles. The molecule has 1 saturated heterocycles. The SMILES string of the molecule is CC(C)CC(Cc1ccn(C(C)C)n1)C(=O)N1CCOCCN1. The maximum atomic E-state index is 12.9. The molecule has 1 aromatic heterocycles. The average molecular weight is 322 g/mol. The van der Waals surface area contributed by atoms with Crippen LogP contribution in [0, 0.1) is 11.8 Å². The summed E-state index contributed by atoms with van der Waals surface area (Å²) in [7, 11) is 0. The van der Waals surface area contributed by atoms with Crippen LogP contribution in [0.25, 0.3) is 0 Å². The van der Waals surface area contributed by atoms with Crippen molar-refractivity contribution in [3.8, 4) is 0 Å². The molecule has 1 fully saturated rings.